The Bertz CT molecular complexity index is 242. The molecule has 13 heavy (non-hydrogen) atoms. The molecule has 5 heteroatoms. The lowest BCUT2D eigenvalue weighted by atomic mass is 9.98. The van der Waals surface area contributed by atoms with Gasteiger partial charge in [0.05, 0.1) is 0 Å². The van der Waals surface area contributed by atoms with Crippen molar-refractivity contribution in [1.29, 1.82) is 5.41 Å². The third-order valence-electron chi connectivity index (χ3n) is 2.51. The van der Waals surface area contributed by atoms with Crippen LogP contribution in [0.25, 0.3) is 0 Å². The summed E-state index contributed by atoms with van der Waals surface area (Å²) in [6.07, 6.45) is 1.48. The van der Waals surface area contributed by atoms with E-state index in [2.05, 4.69) is 5.32 Å². The number of carbonyl (C=O) groups is 1. The van der Waals surface area contributed by atoms with E-state index < -0.39 is 5.60 Å². The quantitative estimate of drug-likeness (QED) is 0.339. The highest BCUT2D eigenvalue weighted by Crippen LogP contribution is 2.30. The Balaban J connectivity index is 2.53. The number of rotatable bonds is 2. The molecule has 1 aliphatic rings. The van der Waals surface area contributed by atoms with Gasteiger partial charge in [0.2, 0.25) is 0 Å². The number of hydrogen-bond acceptors (Lipinski definition) is 3. The van der Waals surface area contributed by atoms with Gasteiger partial charge in [-0.25, -0.2) is 0 Å². The van der Waals surface area contributed by atoms with Gasteiger partial charge in [-0.15, -0.1) is 0 Å². The van der Waals surface area contributed by atoms with Crippen LogP contribution < -0.4 is 11.1 Å². The lowest BCUT2D eigenvalue weighted by Gasteiger charge is -2.19. The summed E-state index contributed by atoms with van der Waals surface area (Å²) in [7, 11) is 0. The van der Waals surface area contributed by atoms with Crippen molar-refractivity contribution in [2.45, 2.75) is 37.8 Å². The number of carbonyl (C=O) groups excluding carboxylic acids is 1. The van der Waals surface area contributed by atoms with E-state index in [1.165, 1.54) is 6.92 Å². The number of guanidine groups is 1. The van der Waals surface area contributed by atoms with Crippen LogP contribution in [0.2, 0.25) is 0 Å². The minimum Gasteiger partial charge on any atom is -0.382 e. The van der Waals surface area contributed by atoms with E-state index in [0.29, 0.717) is 19.3 Å². The Hall–Kier alpha value is -1.10. The minimum absolute atomic E-state index is 0.0496. The number of nitrogens with one attached hydrogen (secondary N) is 2. The zero-order valence-electron chi connectivity index (χ0n) is 7.63. The molecule has 74 valence electrons. The fourth-order valence-electron chi connectivity index (χ4n) is 1.69. The van der Waals surface area contributed by atoms with E-state index in [1.54, 1.807) is 0 Å². The van der Waals surface area contributed by atoms with Crippen LogP contribution in [0, 0.1) is 5.41 Å². The van der Waals surface area contributed by atoms with Crippen molar-refractivity contribution in [3.8, 4) is 0 Å². The Morgan fingerprint density at radius 3 is 2.77 bits per heavy atom. The lowest BCUT2D eigenvalue weighted by molar-refractivity contribution is -0.134. The Morgan fingerprint density at radius 2 is 2.38 bits per heavy atom. The molecule has 0 aromatic rings. The van der Waals surface area contributed by atoms with Gasteiger partial charge in [0.15, 0.2) is 11.7 Å². The summed E-state index contributed by atoms with van der Waals surface area (Å²) < 4.78 is 0. The van der Waals surface area contributed by atoms with Gasteiger partial charge in [0, 0.05) is 12.5 Å². The Morgan fingerprint density at radius 1 is 1.77 bits per heavy atom. The maximum Gasteiger partial charge on any atom is 0.185 e. The number of nitrogens with two attached hydrogens (primary N) is 1. The molecule has 5 nitrogen and oxygen atoms in total. The number of ketones is 1. The van der Waals surface area contributed by atoms with Gasteiger partial charge in [-0.05, 0) is 19.8 Å². The standard InChI is InChI=1S/C8H15N3O2/c1-5(12)8(13)3-2-6(4-8)11-7(9)10/h6,13H,2-4H2,1H3,(H4,9,10,11). The van der Waals surface area contributed by atoms with Gasteiger partial charge in [-0.2, -0.15) is 0 Å². The average Bonchev–Trinajstić information content (AvgIpc) is 2.32. The van der Waals surface area contributed by atoms with Gasteiger partial charge in [0.25, 0.3) is 0 Å². The molecule has 1 aliphatic carbocycles. The molecular weight excluding hydrogens is 170 g/mol. The highest BCUT2D eigenvalue weighted by molar-refractivity contribution is 5.85. The first-order valence-electron chi connectivity index (χ1n) is 4.28. The van der Waals surface area contributed by atoms with E-state index in [0.717, 1.165) is 0 Å². The van der Waals surface area contributed by atoms with Gasteiger partial charge < -0.3 is 16.2 Å². The van der Waals surface area contributed by atoms with Crippen LogP contribution in [0.5, 0.6) is 0 Å². The lowest BCUT2D eigenvalue weighted by Crippen LogP contribution is -2.41. The molecule has 5 N–H and O–H groups in total. The van der Waals surface area contributed by atoms with Crippen molar-refractivity contribution < 1.29 is 9.90 Å². The second-order valence-electron chi connectivity index (χ2n) is 3.59. The van der Waals surface area contributed by atoms with Crippen LogP contribution >= 0.6 is 0 Å². The van der Waals surface area contributed by atoms with Gasteiger partial charge in [-0.1, -0.05) is 0 Å². The second-order valence-corrected chi connectivity index (χ2v) is 3.59. The summed E-state index contributed by atoms with van der Waals surface area (Å²) in [5, 5.41) is 19.4. The summed E-state index contributed by atoms with van der Waals surface area (Å²) >= 11 is 0. The third kappa shape index (κ3) is 2.18. The zero-order valence-corrected chi connectivity index (χ0v) is 7.63. The molecule has 1 fully saturated rings. The van der Waals surface area contributed by atoms with Gasteiger partial charge >= 0.3 is 0 Å². The van der Waals surface area contributed by atoms with Crippen LogP contribution in [0.3, 0.4) is 0 Å². The van der Waals surface area contributed by atoms with Crippen molar-refractivity contribution in [1.82, 2.24) is 5.32 Å². The molecule has 0 spiro atoms. The van der Waals surface area contributed by atoms with Crippen LogP contribution in [0.15, 0.2) is 0 Å². The molecule has 1 saturated carbocycles. The molecule has 0 aromatic carbocycles. The van der Waals surface area contributed by atoms with Crippen molar-refractivity contribution in [2.75, 3.05) is 0 Å². The first-order valence-corrected chi connectivity index (χ1v) is 4.28. The first kappa shape index (κ1) is 9.98. The Labute approximate surface area is 76.8 Å². The monoisotopic (exact) mass is 185 g/mol. The van der Waals surface area contributed by atoms with E-state index in [-0.39, 0.29) is 17.8 Å². The molecule has 0 heterocycles. The van der Waals surface area contributed by atoms with Crippen molar-refractivity contribution in [3.05, 3.63) is 0 Å². The molecule has 0 bridgehead atoms. The first-order chi connectivity index (χ1) is 5.94. The van der Waals surface area contributed by atoms with Crippen molar-refractivity contribution in [2.24, 2.45) is 5.73 Å². The van der Waals surface area contributed by atoms with Crippen LogP contribution in [-0.2, 0) is 4.79 Å². The number of Topliss-reactive ketones (excluding diaryl/α,β-unsaturated/α-hetero) is 1. The highest BCUT2D eigenvalue weighted by Gasteiger charge is 2.41. The zero-order chi connectivity index (χ0) is 10.1. The van der Waals surface area contributed by atoms with Gasteiger partial charge in [0.1, 0.15) is 5.60 Å². The predicted molar refractivity (Wildman–Crippen MR) is 48.3 cm³/mol. The molecule has 0 aliphatic heterocycles. The normalized spacial score (nSPS) is 32.9. The van der Waals surface area contributed by atoms with Gasteiger partial charge in [-0.3, -0.25) is 10.2 Å². The molecule has 0 amide bonds. The summed E-state index contributed by atoms with van der Waals surface area (Å²) in [6.45, 7) is 1.39. The summed E-state index contributed by atoms with van der Waals surface area (Å²) in [5.74, 6) is -0.321. The SMILES string of the molecule is CC(=O)C1(O)CCC(NC(=N)N)C1. The fraction of sp³-hybridized carbons (Fsp3) is 0.750. The van der Waals surface area contributed by atoms with Crippen LogP contribution in [-0.4, -0.2) is 28.5 Å². The molecule has 1 rings (SSSR count). The molecule has 0 radical (unpaired) electrons. The molecular formula is C8H15N3O2. The number of aliphatic hydroxyl groups is 1. The van der Waals surface area contributed by atoms with Crippen LogP contribution in [0.1, 0.15) is 26.2 Å². The van der Waals surface area contributed by atoms with Crippen LogP contribution in [0.4, 0.5) is 0 Å². The highest BCUT2D eigenvalue weighted by atomic mass is 16.3. The van der Waals surface area contributed by atoms with Crippen molar-refractivity contribution >= 4 is 11.7 Å². The summed E-state index contributed by atoms with van der Waals surface area (Å²) in [4.78, 5) is 11.0. The Kier molecular flexibility index (Phi) is 2.56. The van der Waals surface area contributed by atoms with E-state index in [4.69, 9.17) is 11.1 Å². The predicted octanol–water partition coefficient (Wildman–Crippen LogP) is -0.658. The second kappa shape index (κ2) is 3.33. The molecule has 2 atom stereocenters. The average molecular weight is 185 g/mol. The smallest absolute Gasteiger partial charge is 0.185 e. The van der Waals surface area contributed by atoms with Crippen molar-refractivity contribution in [3.63, 3.8) is 0 Å². The molecule has 0 aromatic heterocycles. The maximum absolute atomic E-state index is 11.0. The topological polar surface area (TPSA) is 99.2 Å². The maximum atomic E-state index is 11.0. The third-order valence-corrected chi connectivity index (χ3v) is 2.51. The van der Waals surface area contributed by atoms with E-state index >= 15 is 0 Å². The van der Waals surface area contributed by atoms with E-state index in [1.807, 2.05) is 0 Å². The summed E-state index contributed by atoms with van der Waals surface area (Å²) in [6, 6.07) is -0.0496. The number of hydrogen-bond donors (Lipinski definition) is 4. The fourth-order valence-corrected chi connectivity index (χ4v) is 1.69. The summed E-state index contributed by atoms with van der Waals surface area (Å²) in [5.41, 5.74) is 3.94. The molecule has 0 saturated heterocycles. The molecule has 2 unspecified atom stereocenters. The largest absolute Gasteiger partial charge is 0.382 e. The van der Waals surface area contributed by atoms with E-state index in [9.17, 15) is 9.90 Å². The minimum atomic E-state index is -1.20.